The minimum atomic E-state index is -0.801. The largest absolute Gasteiger partial charge is 0.490 e. The molecule has 6 rings (SSSR count). The number of halogens is 3. The Bertz CT molecular complexity index is 1990. The first-order valence-corrected chi connectivity index (χ1v) is 19.6. The first-order valence-electron chi connectivity index (χ1n) is 19.2. The van der Waals surface area contributed by atoms with Crippen molar-refractivity contribution in [3.8, 4) is 23.0 Å². The number of Topliss-reactive ketones (excluding diaryl/α,β-unsaturated/α-hetero) is 1. The molecule has 0 radical (unpaired) electrons. The van der Waals surface area contributed by atoms with Gasteiger partial charge in [0.2, 0.25) is 0 Å². The van der Waals surface area contributed by atoms with Crippen LogP contribution in [-0.4, -0.2) is 66.8 Å². The maximum Gasteiger partial charge on any atom is 0.162 e. The molecule has 1 aromatic heterocycles. The van der Waals surface area contributed by atoms with Crippen LogP contribution in [0.15, 0.2) is 91.1 Å². The smallest absolute Gasteiger partial charge is 0.162 e. The molecule has 0 amide bonds. The Morgan fingerprint density at radius 3 is 2.00 bits per heavy atom. The Hall–Kier alpha value is -4.41. The quantitative estimate of drug-likeness (QED) is 0.0986. The molecule has 0 atom stereocenters. The minimum absolute atomic E-state index is 0. The molecular formula is C45H53Cl2FN2O6. The molecule has 1 fully saturated rings. The van der Waals surface area contributed by atoms with Crippen molar-refractivity contribution in [3.63, 3.8) is 0 Å². The van der Waals surface area contributed by atoms with Gasteiger partial charge < -0.3 is 29.0 Å². The number of ketones is 1. The van der Waals surface area contributed by atoms with Crippen molar-refractivity contribution in [3.05, 3.63) is 124 Å². The molecule has 0 unspecified atom stereocenters. The zero-order valence-corrected chi connectivity index (χ0v) is 34.3. The van der Waals surface area contributed by atoms with Gasteiger partial charge in [0.1, 0.15) is 5.82 Å². The van der Waals surface area contributed by atoms with Crippen molar-refractivity contribution < 1.29 is 33.2 Å². The Morgan fingerprint density at radius 2 is 1.38 bits per heavy atom. The van der Waals surface area contributed by atoms with Crippen LogP contribution in [0.5, 0.6) is 23.0 Å². The standard InChI is InChI=1S/C24H29NO4.C21H23ClFNO2.ClH/c1-5-26-21-10-9-17(14-22(21)27-6-2)13-20-19-16-24(29-8-4)23(28-7-3)15-18(19)11-12-25-20;22-18-7-5-17(6-8-18)21(26)11-14-24(15-12-21)13-1-2-20(25)16-3-9-19(23)10-4-16;/h9-12,14-16H,5-8,13H2,1-4H3;3-10,26H,1-2,11-15H2;1H. The lowest BCUT2D eigenvalue weighted by molar-refractivity contribution is -0.0260. The number of hydrogen-bond donors (Lipinski definition) is 1. The summed E-state index contributed by atoms with van der Waals surface area (Å²) in [5.41, 5.74) is 2.77. The molecule has 0 saturated carbocycles. The normalized spacial score (nSPS) is 13.6. The summed E-state index contributed by atoms with van der Waals surface area (Å²) in [4.78, 5) is 19.0. The summed E-state index contributed by atoms with van der Waals surface area (Å²) in [6.45, 7) is 12.7. The maximum atomic E-state index is 12.9. The number of aliphatic hydroxyl groups is 1. The van der Waals surface area contributed by atoms with Gasteiger partial charge in [-0.3, -0.25) is 9.78 Å². The third-order valence-corrected chi connectivity index (χ3v) is 9.85. The van der Waals surface area contributed by atoms with E-state index >= 15 is 0 Å². The molecule has 4 aromatic carbocycles. The van der Waals surface area contributed by atoms with Gasteiger partial charge in [-0.05, 0) is 137 Å². The van der Waals surface area contributed by atoms with Crippen LogP contribution >= 0.6 is 24.0 Å². The summed E-state index contributed by atoms with van der Waals surface area (Å²) in [5, 5.41) is 13.7. The summed E-state index contributed by atoms with van der Waals surface area (Å²) >= 11 is 5.92. The number of rotatable bonds is 16. The van der Waals surface area contributed by atoms with E-state index in [9.17, 15) is 14.3 Å². The second kappa shape index (κ2) is 21.8. The molecule has 0 spiro atoms. The first kappa shape index (κ1) is 44.3. The molecular weight excluding hydrogens is 754 g/mol. The number of carbonyl (C=O) groups excluding carboxylic acids is 1. The van der Waals surface area contributed by atoms with Gasteiger partial charge in [0.05, 0.1) is 37.7 Å². The fourth-order valence-corrected chi connectivity index (χ4v) is 6.88. The third kappa shape index (κ3) is 12.0. The van der Waals surface area contributed by atoms with E-state index in [1.165, 1.54) is 24.3 Å². The molecule has 1 saturated heterocycles. The van der Waals surface area contributed by atoms with Crippen LogP contribution in [0.4, 0.5) is 4.39 Å². The SMILES string of the molecule is CCOc1ccc(Cc2nccc3cc(OCC)c(OCC)cc23)cc1OCC.Cl.O=C(CCCN1CCC(O)(c2ccc(Cl)cc2)CC1)c1ccc(F)cc1. The second-order valence-corrected chi connectivity index (χ2v) is 13.8. The van der Waals surface area contributed by atoms with Crippen molar-refractivity contribution in [2.24, 2.45) is 0 Å². The zero-order chi connectivity index (χ0) is 39.2. The minimum Gasteiger partial charge on any atom is -0.490 e. The number of carbonyl (C=O) groups is 1. The Labute approximate surface area is 341 Å². The highest BCUT2D eigenvalue weighted by Crippen LogP contribution is 2.36. The fourth-order valence-electron chi connectivity index (χ4n) is 6.76. The van der Waals surface area contributed by atoms with E-state index in [4.69, 9.17) is 30.5 Å². The number of pyridine rings is 1. The second-order valence-electron chi connectivity index (χ2n) is 13.4. The molecule has 56 heavy (non-hydrogen) atoms. The molecule has 1 aliphatic rings. The van der Waals surface area contributed by atoms with Crippen molar-refractivity contribution >= 4 is 40.6 Å². The van der Waals surface area contributed by atoms with Crippen molar-refractivity contribution in [2.45, 2.75) is 65.4 Å². The van der Waals surface area contributed by atoms with Gasteiger partial charge in [0.25, 0.3) is 0 Å². The van der Waals surface area contributed by atoms with Crippen molar-refractivity contribution in [1.82, 2.24) is 9.88 Å². The topological polar surface area (TPSA) is 90.3 Å². The summed E-state index contributed by atoms with van der Waals surface area (Å²) in [6.07, 6.45) is 5.06. The average Bonchev–Trinajstić information content (AvgIpc) is 3.18. The van der Waals surface area contributed by atoms with E-state index in [2.05, 4.69) is 16.0 Å². The summed E-state index contributed by atoms with van der Waals surface area (Å²) in [6, 6.07) is 25.2. The molecule has 1 N–H and O–H groups in total. The van der Waals surface area contributed by atoms with Crippen molar-refractivity contribution in [1.29, 1.82) is 0 Å². The van der Waals surface area contributed by atoms with Crippen molar-refractivity contribution in [2.75, 3.05) is 46.1 Å². The number of aromatic nitrogens is 1. The van der Waals surface area contributed by atoms with Gasteiger partial charge in [-0.2, -0.15) is 0 Å². The molecule has 11 heteroatoms. The maximum absolute atomic E-state index is 12.9. The zero-order valence-electron chi connectivity index (χ0n) is 32.7. The highest BCUT2D eigenvalue weighted by Gasteiger charge is 2.33. The lowest BCUT2D eigenvalue weighted by Gasteiger charge is -2.38. The third-order valence-electron chi connectivity index (χ3n) is 9.60. The number of benzene rings is 4. The van der Waals surface area contributed by atoms with E-state index in [-0.39, 0.29) is 24.0 Å². The highest BCUT2D eigenvalue weighted by atomic mass is 35.5. The van der Waals surface area contributed by atoms with Crippen LogP contribution in [0.25, 0.3) is 10.8 Å². The van der Waals surface area contributed by atoms with Crippen LogP contribution in [-0.2, 0) is 12.0 Å². The molecule has 8 nitrogen and oxygen atoms in total. The van der Waals surface area contributed by atoms with Crippen LogP contribution in [0.2, 0.25) is 5.02 Å². The van der Waals surface area contributed by atoms with Gasteiger partial charge >= 0.3 is 0 Å². The Morgan fingerprint density at radius 1 is 0.786 bits per heavy atom. The van der Waals surface area contributed by atoms with E-state index in [0.29, 0.717) is 62.7 Å². The van der Waals surface area contributed by atoms with Gasteiger partial charge in [-0.25, -0.2) is 4.39 Å². The van der Waals surface area contributed by atoms with E-state index in [0.717, 1.165) is 76.6 Å². The lowest BCUT2D eigenvalue weighted by Crippen LogP contribution is -2.42. The predicted octanol–water partition coefficient (Wildman–Crippen LogP) is 10.3. The monoisotopic (exact) mass is 806 g/mol. The molecule has 2 heterocycles. The molecule has 300 valence electrons. The Kier molecular flexibility index (Phi) is 17.2. The fraction of sp³-hybridized carbons (Fsp3) is 0.378. The predicted molar refractivity (Wildman–Crippen MR) is 224 cm³/mol. The van der Waals surface area contributed by atoms with Crippen LogP contribution in [0.1, 0.15) is 80.6 Å². The average molecular weight is 808 g/mol. The van der Waals surface area contributed by atoms with Gasteiger partial charge in [0, 0.05) is 48.1 Å². The van der Waals surface area contributed by atoms with Gasteiger partial charge in [-0.1, -0.05) is 29.8 Å². The van der Waals surface area contributed by atoms with Gasteiger partial charge in [0.15, 0.2) is 28.8 Å². The number of fused-ring (bicyclic) bond motifs is 1. The molecule has 1 aliphatic heterocycles. The van der Waals surface area contributed by atoms with E-state index < -0.39 is 5.60 Å². The number of hydrogen-bond acceptors (Lipinski definition) is 8. The number of ether oxygens (including phenoxy) is 4. The highest BCUT2D eigenvalue weighted by molar-refractivity contribution is 6.30. The van der Waals surface area contributed by atoms with E-state index in [1.807, 2.05) is 88.5 Å². The number of likely N-dealkylation sites (tertiary alicyclic amines) is 1. The number of nitrogens with zero attached hydrogens (tertiary/aromatic N) is 2. The summed E-state index contributed by atoms with van der Waals surface area (Å²) < 4.78 is 35.9. The molecule has 0 bridgehead atoms. The van der Waals surface area contributed by atoms with Crippen LogP contribution < -0.4 is 18.9 Å². The van der Waals surface area contributed by atoms with Crippen LogP contribution in [0, 0.1) is 5.82 Å². The summed E-state index contributed by atoms with van der Waals surface area (Å²) in [5.74, 6) is 2.75. The molecule has 5 aromatic rings. The van der Waals surface area contributed by atoms with Gasteiger partial charge in [-0.15, -0.1) is 12.4 Å². The lowest BCUT2D eigenvalue weighted by atomic mass is 9.84. The van der Waals surface area contributed by atoms with Crippen LogP contribution in [0.3, 0.4) is 0 Å². The number of piperidine rings is 1. The Balaban J connectivity index is 0.000000246. The molecule has 0 aliphatic carbocycles. The van der Waals surface area contributed by atoms with E-state index in [1.54, 1.807) is 0 Å². The first-order chi connectivity index (χ1) is 26.7. The summed E-state index contributed by atoms with van der Waals surface area (Å²) in [7, 11) is 0.